The second-order valence-corrected chi connectivity index (χ2v) is 3.70. The van der Waals surface area contributed by atoms with Crippen molar-refractivity contribution in [2.75, 3.05) is 19.0 Å². The lowest BCUT2D eigenvalue weighted by atomic mass is 10.2. The van der Waals surface area contributed by atoms with Crippen molar-refractivity contribution in [2.45, 2.75) is 39.8 Å². The van der Waals surface area contributed by atoms with Gasteiger partial charge in [0.15, 0.2) is 0 Å². The van der Waals surface area contributed by atoms with Gasteiger partial charge >= 0.3 is 0 Å². The van der Waals surface area contributed by atoms with Crippen molar-refractivity contribution < 1.29 is 4.74 Å². The number of aryl methyl sites for hydroxylation is 2. The minimum atomic E-state index is 0.335. The summed E-state index contributed by atoms with van der Waals surface area (Å²) < 4.78 is 7.27. The maximum atomic E-state index is 5.15. The molecule has 1 atom stereocenters. The number of anilines is 1. The highest BCUT2D eigenvalue weighted by Gasteiger charge is 2.09. The molecule has 0 spiro atoms. The molecule has 0 saturated carbocycles. The smallest absolute Gasteiger partial charge is 0.203 e. The lowest BCUT2D eigenvalue weighted by Gasteiger charge is -2.17. The van der Waals surface area contributed by atoms with Crippen molar-refractivity contribution in [3.8, 4) is 0 Å². The lowest BCUT2D eigenvalue weighted by Crippen LogP contribution is -2.25. The Morgan fingerprint density at radius 3 is 2.80 bits per heavy atom. The van der Waals surface area contributed by atoms with Crippen molar-refractivity contribution in [2.24, 2.45) is 0 Å². The number of aromatic nitrogens is 2. The van der Waals surface area contributed by atoms with E-state index in [9.17, 15) is 0 Å². The standard InChI is InChI=1S/C11H21N3O/c1-5-10(8-15-4)13-11-12-9(3)7-14(11)6-2/h7,10H,5-6,8H2,1-4H3,(H,12,13). The van der Waals surface area contributed by atoms with Gasteiger partial charge in [0.1, 0.15) is 0 Å². The van der Waals surface area contributed by atoms with Crippen LogP contribution in [-0.4, -0.2) is 29.3 Å². The molecule has 0 saturated heterocycles. The lowest BCUT2D eigenvalue weighted by molar-refractivity contribution is 0.184. The topological polar surface area (TPSA) is 39.1 Å². The molecular formula is C11H21N3O. The Morgan fingerprint density at radius 1 is 1.53 bits per heavy atom. The van der Waals surface area contributed by atoms with Gasteiger partial charge in [-0.1, -0.05) is 6.92 Å². The first-order valence-electron chi connectivity index (χ1n) is 5.50. The van der Waals surface area contributed by atoms with Gasteiger partial charge in [-0.25, -0.2) is 4.98 Å². The Hall–Kier alpha value is -1.03. The first-order chi connectivity index (χ1) is 7.21. The molecule has 4 heteroatoms. The first-order valence-corrected chi connectivity index (χ1v) is 5.50. The molecular weight excluding hydrogens is 190 g/mol. The number of nitrogens with zero attached hydrogens (tertiary/aromatic N) is 2. The van der Waals surface area contributed by atoms with Crippen LogP contribution in [0.15, 0.2) is 6.20 Å². The van der Waals surface area contributed by atoms with Gasteiger partial charge in [-0.05, 0) is 20.3 Å². The van der Waals surface area contributed by atoms with Gasteiger partial charge < -0.3 is 14.6 Å². The third-order valence-corrected chi connectivity index (χ3v) is 2.43. The number of rotatable bonds is 6. The molecule has 1 aromatic rings. The molecule has 0 aliphatic carbocycles. The number of ether oxygens (including phenoxy) is 1. The van der Waals surface area contributed by atoms with E-state index in [1.807, 2.05) is 6.92 Å². The van der Waals surface area contributed by atoms with E-state index in [-0.39, 0.29) is 0 Å². The molecule has 1 rings (SSSR count). The number of imidazole rings is 1. The first kappa shape index (κ1) is 12.0. The molecule has 1 heterocycles. The van der Waals surface area contributed by atoms with Gasteiger partial charge in [0.05, 0.1) is 18.3 Å². The van der Waals surface area contributed by atoms with E-state index in [0.717, 1.165) is 24.6 Å². The number of hydrogen-bond donors (Lipinski definition) is 1. The van der Waals surface area contributed by atoms with Crippen LogP contribution in [-0.2, 0) is 11.3 Å². The van der Waals surface area contributed by atoms with Crippen LogP contribution in [0.5, 0.6) is 0 Å². The van der Waals surface area contributed by atoms with Crippen molar-refractivity contribution in [3.63, 3.8) is 0 Å². The van der Waals surface area contributed by atoms with Crippen LogP contribution in [0, 0.1) is 6.92 Å². The van der Waals surface area contributed by atoms with Crippen LogP contribution in [0.1, 0.15) is 26.0 Å². The second-order valence-electron chi connectivity index (χ2n) is 3.70. The Labute approximate surface area is 91.7 Å². The Bertz CT molecular complexity index is 296. The van der Waals surface area contributed by atoms with E-state index in [1.54, 1.807) is 7.11 Å². The minimum absolute atomic E-state index is 0.335. The van der Waals surface area contributed by atoms with Crippen LogP contribution in [0.3, 0.4) is 0 Å². The SMILES string of the molecule is CCC(COC)Nc1nc(C)cn1CC. The summed E-state index contributed by atoms with van der Waals surface area (Å²) in [6.07, 6.45) is 3.09. The third kappa shape index (κ3) is 3.23. The normalized spacial score (nSPS) is 12.8. The van der Waals surface area contributed by atoms with Crippen molar-refractivity contribution in [1.82, 2.24) is 9.55 Å². The fourth-order valence-corrected chi connectivity index (χ4v) is 1.55. The van der Waals surface area contributed by atoms with E-state index in [1.165, 1.54) is 0 Å². The zero-order valence-corrected chi connectivity index (χ0v) is 10.1. The molecule has 0 aromatic carbocycles. The largest absolute Gasteiger partial charge is 0.383 e. The van der Waals surface area contributed by atoms with E-state index in [0.29, 0.717) is 12.6 Å². The molecule has 1 N–H and O–H groups in total. The number of hydrogen-bond acceptors (Lipinski definition) is 3. The summed E-state index contributed by atoms with van der Waals surface area (Å²) >= 11 is 0. The quantitative estimate of drug-likeness (QED) is 0.782. The average molecular weight is 211 g/mol. The molecule has 0 aliphatic rings. The number of methoxy groups -OCH3 is 1. The van der Waals surface area contributed by atoms with Gasteiger partial charge in [0.25, 0.3) is 0 Å². The van der Waals surface area contributed by atoms with E-state index >= 15 is 0 Å². The highest BCUT2D eigenvalue weighted by Crippen LogP contribution is 2.10. The summed E-state index contributed by atoms with van der Waals surface area (Å²) in [5.74, 6) is 0.943. The Kier molecular flexibility index (Phi) is 4.62. The highest BCUT2D eigenvalue weighted by molar-refractivity contribution is 5.30. The predicted molar refractivity (Wildman–Crippen MR) is 62.2 cm³/mol. The number of nitrogens with one attached hydrogen (secondary N) is 1. The zero-order chi connectivity index (χ0) is 11.3. The fourth-order valence-electron chi connectivity index (χ4n) is 1.55. The van der Waals surface area contributed by atoms with Gasteiger partial charge in [-0.3, -0.25) is 0 Å². The molecule has 0 amide bonds. The molecule has 1 unspecified atom stereocenters. The Balaban J connectivity index is 2.68. The summed E-state index contributed by atoms with van der Waals surface area (Å²) in [5, 5.41) is 3.40. The van der Waals surface area contributed by atoms with Crippen LogP contribution in [0.2, 0.25) is 0 Å². The summed E-state index contributed by atoms with van der Waals surface area (Å²) in [4.78, 5) is 4.45. The van der Waals surface area contributed by atoms with Crippen LogP contribution < -0.4 is 5.32 Å². The molecule has 0 aliphatic heterocycles. The van der Waals surface area contributed by atoms with Crippen LogP contribution in [0.25, 0.3) is 0 Å². The van der Waals surface area contributed by atoms with E-state index in [4.69, 9.17) is 4.74 Å². The van der Waals surface area contributed by atoms with Gasteiger partial charge in [-0.15, -0.1) is 0 Å². The molecule has 1 aromatic heterocycles. The fraction of sp³-hybridized carbons (Fsp3) is 0.727. The van der Waals surface area contributed by atoms with Crippen molar-refractivity contribution in [1.29, 1.82) is 0 Å². The maximum absolute atomic E-state index is 5.15. The average Bonchev–Trinajstić information content (AvgIpc) is 2.58. The zero-order valence-electron chi connectivity index (χ0n) is 10.1. The highest BCUT2D eigenvalue weighted by atomic mass is 16.5. The minimum Gasteiger partial charge on any atom is -0.383 e. The summed E-state index contributed by atoms with van der Waals surface area (Å²) in [6, 6.07) is 0.335. The molecule has 15 heavy (non-hydrogen) atoms. The molecule has 86 valence electrons. The van der Waals surface area contributed by atoms with Crippen molar-refractivity contribution in [3.05, 3.63) is 11.9 Å². The van der Waals surface area contributed by atoms with Gasteiger partial charge in [0, 0.05) is 19.9 Å². The molecule has 4 nitrogen and oxygen atoms in total. The second kappa shape index (κ2) is 5.75. The van der Waals surface area contributed by atoms with Crippen LogP contribution in [0.4, 0.5) is 5.95 Å². The van der Waals surface area contributed by atoms with E-state index < -0.39 is 0 Å². The molecule has 0 fully saturated rings. The summed E-state index contributed by atoms with van der Waals surface area (Å²) in [5.41, 5.74) is 1.05. The Morgan fingerprint density at radius 2 is 2.27 bits per heavy atom. The van der Waals surface area contributed by atoms with E-state index in [2.05, 4.69) is 34.9 Å². The predicted octanol–water partition coefficient (Wildman–Crippen LogP) is 2.05. The van der Waals surface area contributed by atoms with Crippen LogP contribution >= 0.6 is 0 Å². The molecule has 0 bridgehead atoms. The maximum Gasteiger partial charge on any atom is 0.203 e. The molecule has 0 radical (unpaired) electrons. The van der Waals surface area contributed by atoms with Gasteiger partial charge in [0.2, 0.25) is 5.95 Å². The van der Waals surface area contributed by atoms with Crippen molar-refractivity contribution >= 4 is 5.95 Å². The summed E-state index contributed by atoms with van der Waals surface area (Å²) in [7, 11) is 1.72. The third-order valence-electron chi connectivity index (χ3n) is 2.43. The monoisotopic (exact) mass is 211 g/mol. The summed E-state index contributed by atoms with van der Waals surface area (Å²) in [6.45, 7) is 7.92. The van der Waals surface area contributed by atoms with Gasteiger partial charge in [-0.2, -0.15) is 0 Å².